The lowest BCUT2D eigenvalue weighted by molar-refractivity contribution is 1.01. The maximum Gasteiger partial charge on any atom is 0.224 e. The fourth-order valence-electron chi connectivity index (χ4n) is 1.50. The molecule has 0 aliphatic heterocycles. The van der Waals surface area contributed by atoms with Gasteiger partial charge in [-0.2, -0.15) is 4.98 Å². The minimum absolute atomic E-state index is 0.140. The van der Waals surface area contributed by atoms with Crippen LogP contribution in [0.4, 0.5) is 11.5 Å². The molecule has 1 aromatic carbocycles. The highest BCUT2D eigenvalue weighted by Crippen LogP contribution is 2.36. The van der Waals surface area contributed by atoms with Gasteiger partial charge >= 0.3 is 0 Å². The lowest BCUT2D eigenvalue weighted by Crippen LogP contribution is -2.13. The zero-order chi connectivity index (χ0) is 14.8. The number of nitrogens with zero attached hydrogens (tertiary/aromatic N) is 2. The first-order valence-corrected chi connectivity index (χ1v) is 7.44. The van der Waals surface area contributed by atoms with Gasteiger partial charge in [-0.1, -0.05) is 37.6 Å². The van der Waals surface area contributed by atoms with E-state index in [9.17, 15) is 0 Å². The van der Waals surface area contributed by atoms with Crippen LogP contribution in [0.1, 0.15) is 13.8 Å². The van der Waals surface area contributed by atoms with Gasteiger partial charge in [0.05, 0.1) is 19.7 Å². The molecular weight excluding hydrogens is 312 g/mol. The molecule has 0 aliphatic carbocycles. The molecule has 0 aliphatic rings. The molecule has 0 unspecified atom stereocenters. The molecule has 0 fully saturated rings. The van der Waals surface area contributed by atoms with Crippen molar-refractivity contribution in [3.8, 4) is 0 Å². The Hall–Kier alpha value is -0.905. The molecule has 7 heteroatoms. The Kier molecular flexibility index (Phi) is 4.84. The first-order valence-electron chi connectivity index (χ1n) is 5.87. The van der Waals surface area contributed by atoms with E-state index in [1.54, 1.807) is 11.8 Å². The molecule has 0 bridgehead atoms. The number of hydrogen-bond donors (Lipinski definition) is 1. The van der Waals surface area contributed by atoms with Crippen molar-refractivity contribution < 1.29 is 0 Å². The van der Waals surface area contributed by atoms with Crippen LogP contribution in [0.5, 0.6) is 0 Å². The number of anilines is 2. The average Bonchev–Trinajstić information content (AvgIpc) is 2.34. The number of para-hydroxylation sites is 1. The van der Waals surface area contributed by atoms with E-state index in [1.165, 1.54) is 6.20 Å². The molecular formula is C13H12BCl2N3S. The number of halogens is 2. The van der Waals surface area contributed by atoms with Crippen LogP contribution in [0.15, 0.2) is 35.4 Å². The zero-order valence-electron chi connectivity index (χ0n) is 11.0. The quantitative estimate of drug-likeness (QED) is 0.510. The summed E-state index contributed by atoms with van der Waals surface area (Å²) in [5.41, 5.74) is 0.868. The lowest BCUT2D eigenvalue weighted by Gasteiger charge is -2.20. The third kappa shape index (κ3) is 4.30. The SMILES string of the molecule is [B]C(C)(C)Sc1ccccc1Nc1nc(Cl)ncc1Cl. The number of nitrogens with one attached hydrogen (secondary N) is 1. The van der Waals surface area contributed by atoms with Gasteiger partial charge in [-0.05, 0) is 28.4 Å². The van der Waals surface area contributed by atoms with Crippen molar-refractivity contribution >= 4 is 54.3 Å². The summed E-state index contributed by atoms with van der Waals surface area (Å²) in [6.45, 7) is 3.89. The fourth-order valence-corrected chi connectivity index (χ4v) is 2.72. The van der Waals surface area contributed by atoms with Crippen LogP contribution in [0, 0.1) is 0 Å². The first kappa shape index (κ1) is 15.5. The molecule has 0 saturated heterocycles. The van der Waals surface area contributed by atoms with E-state index in [-0.39, 0.29) is 9.93 Å². The van der Waals surface area contributed by atoms with E-state index >= 15 is 0 Å². The first-order chi connectivity index (χ1) is 9.35. The van der Waals surface area contributed by atoms with Crippen molar-refractivity contribution in [3.63, 3.8) is 0 Å². The van der Waals surface area contributed by atoms with Crippen LogP contribution in [-0.4, -0.2) is 22.5 Å². The summed E-state index contributed by atoms with van der Waals surface area (Å²) in [5, 5.41) is 3.70. The number of hydrogen-bond acceptors (Lipinski definition) is 4. The highest BCUT2D eigenvalue weighted by Gasteiger charge is 2.15. The highest BCUT2D eigenvalue weighted by atomic mass is 35.5. The van der Waals surface area contributed by atoms with Crippen LogP contribution in [0.25, 0.3) is 0 Å². The average molecular weight is 324 g/mol. The van der Waals surface area contributed by atoms with Gasteiger partial charge in [-0.3, -0.25) is 0 Å². The van der Waals surface area contributed by atoms with E-state index < -0.39 is 0 Å². The zero-order valence-corrected chi connectivity index (χ0v) is 13.4. The van der Waals surface area contributed by atoms with Crippen molar-refractivity contribution in [2.24, 2.45) is 0 Å². The maximum absolute atomic E-state index is 6.05. The summed E-state index contributed by atoms with van der Waals surface area (Å²) in [7, 11) is 6.05. The Bertz CT molecular complexity index is 617. The highest BCUT2D eigenvalue weighted by molar-refractivity contribution is 8.01. The molecule has 1 N–H and O–H groups in total. The largest absolute Gasteiger partial charge is 0.338 e. The molecule has 1 heterocycles. The Morgan fingerprint density at radius 2 is 1.95 bits per heavy atom. The fraction of sp³-hybridized carbons (Fsp3) is 0.231. The minimum Gasteiger partial charge on any atom is -0.338 e. The van der Waals surface area contributed by atoms with Crippen LogP contribution >= 0.6 is 35.0 Å². The molecule has 2 aromatic rings. The van der Waals surface area contributed by atoms with Gasteiger partial charge < -0.3 is 5.32 Å². The van der Waals surface area contributed by atoms with Crippen molar-refractivity contribution in [2.45, 2.75) is 23.4 Å². The standard InChI is InChI=1S/C13H12BCl2N3S/c1-13(2,14)20-10-6-4-3-5-9(10)18-11-8(15)7-17-12(16)19-11/h3-7H,1-2H3,(H,17,18,19). The van der Waals surface area contributed by atoms with Gasteiger partial charge in [-0.15, -0.1) is 11.8 Å². The molecule has 2 radical (unpaired) electrons. The van der Waals surface area contributed by atoms with E-state index in [0.717, 1.165) is 10.6 Å². The van der Waals surface area contributed by atoms with Gasteiger partial charge in [0.1, 0.15) is 5.02 Å². The van der Waals surface area contributed by atoms with Crippen molar-refractivity contribution in [1.82, 2.24) is 9.97 Å². The van der Waals surface area contributed by atoms with Crippen LogP contribution in [-0.2, 0) is 0 Å². The Balaban J connectivity index is 2.32. The second-order valence-electron chi connectivity index (χ2n) is 4.66. The maximum atomic E-state index is 6.05. The number of aromatic nitrogens is 2. The monoisotopic (exact) mass is 323 g/mol. The summed E-state index contributed by atoms with van der Waals surface area (Å²) in [6, 6.07) is 7.79. The smallest absolute Gasteiger partial charge is 0.224 e. The van der Waals surface area contributed by atoms with E-state index in [4.69, 9.17) is 31.0 Å². The van der Waals surface area contributed by atoms with E-state index in [0.29, 0.717) is 10.8 Å². The summed E-state index contributed by atoms with van der Waals surface area (Å²) < 4.78 is -0.384. The second kappa shape index (κ2) is 6.25. The second-order valence-corrected chi connectivity index (χ2v) is 7.10. The molecule has 1 aromatic heterocycles. The minimum atomic E-state index is -0.384. The molecule has 2 rings (SSSR count). The van der Waals surface area contributed by atoms with Crippen molar-refractivity contribution in [1.29, 1.82) is 0 Å². The van der Waals surface area contributed by atoms with Crippen LogP contribution < -0.4 is 5.32 Å². The number of rotatable bonds is 4. The third-order valence-electron chi connectivity index (χ3n) is 2.23. The summed E-state index contributed by atoms with van der Waals surface area (Å²) in [6.07, 6.45) is 1.46. The number of benzene rings is 1. The lowest BCUT2D eigenvalue weighted by atomic mass is 9.91. The molecule has 102 valence electrons. The van der Waals surface area contributed by atoms with Gasteiger partial charge in [0.25, 0.3) is 0 Å². The molecule has 3 nitrogen and oxygen atoms in total. The molecule has 0 atom stereocenters. The Labute approximate surface area is 133 Å². The molecule has 0 spiro atoms. The molecule has 0 amide bonds. The van der Waals surface area contributed by atoms with Gasteiger partial charge in [0, 0.05) is 4.90 Å². The molecule has 0 saturated carbocycles. The van der Waals surface area contributed by atoms with Crippen molar-refractivity contribution in [2.75, 3.05) is 5.32 Å². The number of thioether (sulfide) groups is 1. The van der Waals surface area contributed by atoms with Gasteiger partial charge in [-0.25, -0.2) is 4.98 Å². The summed E-state index contributed by atoms with van der Waals surface area (Å²) in [4.78, 5) is 8.90. The Morgan fingerprint density at radius 1 is 1.25 bits per heavy atom. The third-order valence-corrected chi connectivity index (χ3v) is 3.79. The predicted octanol–water partition coefficient (Wildman–Crippen LogP) is 4.52. The predicted molar refractivity (Wildman–Crippen MR) is 87.5 cm³/mol. The summed E-state index contributed by atoms with van der Waals surface area (Å²) >= 11 is 13.4. The van der Waals surface area contributed by atoms with Crippen LogP contribution in [0.3, 0.4) is 0 Å². The van der Waals surface area contributed by atoms with E-state index in [1.807, 2.05) is 38.1 Å². The van der Waals surface area contributed by atoms with Crippen molar-refractivity contribution in [3.05, 3.63) is 40.8 Å². The van der Waals surface area contributed by atoms with Gasteiger partial charge in [0.2, 0.25) is 5.28 Å². The molecule has 20 heavy (non-hydrogen) atoms. The van der Waals surface area contributed by atoms with E-state index in [2.05, 4.69) is 15.3 Å². The summed E-state index contributed by atoms with van der Waals surface area (Å²) in [5.74, 6) is 0.467. The van der Waals surface area contributed by atoms with Crippen LogP contribution in [0.2, 0.25) is 10.3 Å². The van der Waals surface area contributed by atoms with Gasteiger partial charge in [0.15, 0.2) is 5.82 Å². The Morgan fingerprint density at radius 3 is 2.65 bits per heavy atom. The normalized spacial score (nSPS) is 11.4. The topological polar surface area (TPSA) is 37.8 Å².